The minimum Gasteiger partial charge on any atom is -0.336 e. The lowest BCUT2D eigenvalue weighted by molar-refractivity contribution is 0.0780. The van der Waals surface area contributed by atoms with Gasteiger partial charge in [-0.25, -0.2) is 4.98 Å². The molecule has 0 radical (unpaired) electrons. The standard InChI is InChI=1S/C21H17N3O/c1-24(14-16-9-6-8-15-7-2-3-10-17(15)16)21(25)20-13-22-18-11-4-5-12-19(18)23-20/h2-13H,14H2,1H3. The van der Waals surface area contributed by atoms with Crippen LogP contribution in [0.15, 0.2) is 72.9 Å². The zero-order chi connectivity index (χ0) is 17.2. The third-order valence-electron chi connectivity index (χ3n) is 4.30. The van der Waals surface area contributed by atoms with Gasteiger partial charge in [-0.15, -0.1) is 0 Å². The first kappa shape index (κ1) is 15.3. The summed E-state index contributed by atoms with van der Waals surface area (Å²) in [5, 5.41) is 2.33. The van der Waals surface area contributed by atoms with Crippen LogP contribution >= 0.6 is 0 Å². The van der Waals surface area contributed by atoms with Gasteiger partial charge in [-0.3, -0.25) is 9.78 Å². The molecule has 4 heteroatoms. The molecule has 0 N–H and O–H groups in total. The molecule has 4 nitrogen and oxygen atoms in total. The molecule has 1 aromatic heterocycles. The van der Waals surface area contributed by atoms with E-state index in [1.54, 1.807) is 18.1 Å². The Balaban J connectivity index is 1.63. The average Bonchev–Trinajstić information content (AvgIpc) is 2.67. The molecule has 0 saturated heterocycles. The molecule has 1 amide bonds. The summed E-state index contributed by atoms with van der Waals surface area (Å²) in [6.07, 6.45) is 1.55. The summed E-state index contributed by atoms with van der Waals surface area (Å²) in [7, 11) is 1.79. The van der Waals surface area contributed by atoms with Gasteiger partial charge in [0, 0.05) is 13.6 Å². The number of nitrogens with zero attached hydrogens (tertiary/aromatic N) is 3. The molecule has 0 aliphatic heterocycles. The number of fused-ring (bicyclic) bond motifs is 2. The SMILES string of the molecule is CN(Cc1cccc2ccccc12)C(=O)c1cnc2ccccc2n1. The number of aromatic nitrogens is 2. The van der Waals surface area contributed by atoms with Gasteiger partial charge in [0.1, 0.15) is 5.69 Å². The molecule has 0 fully saturated rings. The van der Waals surface area contributed by atoms with Crippen LogP contribution < -0.4 is 0 Å². The number of rotatable bonds is 3. The highest BCUT2D eigenvalue weighted by molar-refractivity contribution is 5.94. The quantitative estimate of drug-likeness (QED) is 0.570. The van der Waals surface area contributed by atoms with E-state index in [2.05, 4.69) is 34.2 Å². The van der Waals surface area contributed by atoms with E-state index in [4.69, 9.17) is 0 Å². The van der Waals surface area contributed by atoms with Crippen molar-refractivity contribution in [1.82, 2.24) is 14.9 Å². The number of benzene rings is 3. The van der Waals surface area contributed by atoms with Crippen LogP contribution in [-0.4, -0.2) is 27.8 Å². The summed E-state index contributed by atoms with van der Waals surface area (Å²) in [5.74, 6) is -0.133. The zero-order valence-electron chi connectivity index (χ0n) is 13.9. The van der Waals surface area contributed by atoms with E-state index in [1.807, 2.05) is 42.5 Å². The third kappa shape index (κ3) is 2.94. The molecule has 4 rings (SSSR count). The van der Waals surface area contributed by atoms with Crippen LogP contribution in [0.4, 0.5) is 0 Å². The molecule has 0 saturated carbocycles. The highest BCUT2D eigenvalue weighted by atomic mass is 16.2. The van der Waals surface area contributed by atoms with E-state index in [0.29, 0.717) is 12.2 Å². The van der Waals surface area contributed by atoms with Crippen molar-refractivity contribution in [3.8, 4) is 0 Å². The summed E-state index contributed by atoms with van der Waals surface area (Å²) in [5.41, 5.74) is 2.99. The zero-order valence-corrected chi connectivity index (χ0v) is 13.9. The monoisotopic (exact) mass is 327 g/mol. The van der Waals surface area contributed by atoms with Crippen LogP contribution in [0, 0.1) is 0 Å². The fraction of sp³-hybridized carbons (Fsp3) is 0.0952. The van der Waals surface area contributed by atoms with Gasteiger partial charge in [-0.05, 0) is 28.5 Å². The van der Waals surface area contributed by atoms with Crippen molar-refractivity contribution >= 4 is 27.7 Å². The van der Waals surface area contributed by atoms with Gasteiger partial charge < -0.3 is 4.90 Å². The van der Waals surface area contributed by atoms with E-state index < -0.39 is 0 Å². The summed E-state index contributed by atoms with van der Waals surface area (Å²) >= 11 is 0. The van der Waals surface area contributed by atoms with Crippen molar-refractivity contribution in [2.24, 2.45) is 0 Å². The van der Waals surface area contributed by atoms with E-state index in [0.717, 1.165) is 22.0 Å². The van der Waals surface area contributed by atoms with Crippen molar-refractivity contribution in [2.45, 2.75) is 6.54 Å². The first-order chi connectivity index (χ1) is 12.2. The van der Waals surface area contributed by atoms with Crippen molar-refractivity contribution in [3.63, 3.8) is 0 Å². The number of carbonyl (C=O) groups excluding carboxylic acids is 1. The Labute approximate surface area is 145 Å². The number of hydrogen-bond donors (Lipinski definition) is 0. The van der Waals surface area contributed by atoms with Gasteiger partial charge >= 0.3 is 0 Å². The van der Waals surface area contributed by atoms with Crippen LogP contribution in [-0.2, 0) is 6.54 Å². The van der Waals surface area contributed by atoms with Gasteiger partial charge in [-0.1, -0.05) is 54.6 Å². The van der Waals surface area contributed by atoms with Gasteiger partial charge in [0.05, 0.1) is 17.2 Å². The van der Waals surface area contributed by atoms with Gasteiger partial charge in [0.15, 0.2) is 0 Å². The normalized spacial score (nSPS) is 10.9. The van der Waals surface area contributed by atoms with E-state index in [-0.39, 0.29) is 5.91 Å². The maximum atomic E-state index is 12.8. The number of para-hydroxylation sites is 2. The largest absolute Gasteiger partial charge is 0.336 e. The highest BCUT2D eigenvalue weighted by Gasteiger charge is 2.15. The van der Waals surface area contributed by atoms with E-state index in [1.165, 1.54) is 5.39 Å². The Morgan fingerprint density at radius 3 is 2.52 bits per heavy atom. The number of carbonyl (C=O) groups is 1. The van der Waals surface area contributed by atoms with Crippen molar-refractivity contribution < 1.29 is 4.79 Å². The van der Waals surface area contributed by atoms with Crippen molar-refractivity contribution in [3.05, 3.63) is 84.2 Å². The highest BCUT2D eigenvalue weighted by Crippen LogP contribution is 2.20. The molecule has 122 valence electrons. The van der Waals surface area contributed by atoms with Gasteiger partial charge in [-0.2, -0.15) is 0 Å². The maximum Gasteiger partial charge on any atom is 0.274 e. The topological polar surface area (TPSA) is 46.1 Å². The lowest BCUT2D eigenvalue weighted by Gasteiger charge is -2.18. The second-order valence-electron chi connectivity index (χ2n) is 6.04. The molecule has 0 spiro atoms. The lowest BCUT2D eigenvalue weighted by atomic mass is 10.0. The Bertz CT molecular complexity index is 1070. The molecular weight excluding hydrogens is 310 g/mol. The summed E-state index contributed by atoms with van der Waals surface area (Å²) in [6.45, 7) is 0.523. The number of amides is 1. The van der Waals surface area contributed by atoms with Crippen molar-refractivity contribution in [2.75, 3.05) is 7.05 Å². The molecular formula is C21H17N3O. The first-order valence-electron chi connectivity index (χ1n) is 8.16. The molecule has 25 heavy (non-hydrogen) atoms. The van der Waals surface area contributed by atoms with Crippen LogP contribution in [0.25, 0.3) is 21.8 Å². The summed E-state index contributed by atoms with van der Waals surface area (Å²) in [6, 6.07) is 21.9. The molecule has 0 unspecified atom stereocenters. The number of hydrogen-bond acceptors (Lipinski definition) is 3. The van der Waals surface area contributed by atoms with Crippen LogP contribution in [0.3, 0.4) is 0 Å². The molecule has 0 atom stereocenters. The lowest BCUT2D eigenvalue weighted by Crippen LogP contribution is -2.27. The fourth-order valence-corrected chi connectivity index (χ4v) is 3.01. The maximum absolute atomic E-state index is 12.8. The second-order valence-corrected chi connectivity index (χ2v) is 6.04. The molecule has 1 heterocycles. The Morgan fingerprint density at radius 2 is 1.64 bits per heavy atom. The Hall–Kier alpha value is -3.27. The Morgan fingerprint density at radius 1 is 0.920 bits per heavy atom. The fourth-order valence-electron chi connectivity index (χ4n) is 3.01. The second kappa shape index (κ2) is 6.32. The van der Waals surface area contributed by atoms with Gasteiger partial charge in [0.25, 0.3) is 5.91 Å². The van der Waals surface area contributed by atoms with Gasteiger partial charge in [0.2, 0.25) is 0 Å². The predicted molar refractivity (Wildman–Crippen MR) is 99.3 cm³/mol. The summed E-state index contributed by atoms with van der Waals surface area (Å²) < 4.78 is 0. The molecule has 3 aromatic carbocycles. The van der Waals surface area contributed by atoms with Crippen LogP contribution in [0.5, 0.6) is 0 Å². The van der Waals surface area contributed by atoms with E-state index >= 15 is 0 Å². The average molecular weight is 327 g/mol. The molecule has 0 aliphatic carbocycles. The van der Waals surface area contributed by atoms with Crippen molar-refractivity contribution in [1.29, 1.82) is 0 Å². The Kier molecular flexibility index (Phi) is 3.86. The predicted octanol–water partition coefficient (Wildman–Crippen LogP) is 4.06. The molecule has 0 aliphatic rings. The minimum atomic E-state index is -0.133. The molecule has 4 aromatic rings. The molecule has 0 bridgehead atoms. The first-order valence-corrected chi connectivity index (χ1v) is 8.16. The third-order valence-corrected chi connectivity index (χ3v) is 4.30. The smallest absolute Gasteiger partial charge is 0.274 e. The van der Waals surface area contributed by atoms with Crippen LogP contribution in [0.2, 0.25) is 0 Å². The minimum absolute atomic E-state index is 0.133. The summed E-state index contributed by atoms with van der Waals surface area (Å²) in [4.78, 5) is 23.2. The van der Waals surface area contributed by atoms with Crippen LogP contribution in [0.1, 0.15) is 16.1 Å². The van der Waals surface area contributed by atoms with E-state index in [9.17, 15) is 4.79 Å².